The number of benzene rings is 1. The molecule has 0 unspecified atom stereocenters. The lowest BCUT2D eigenvalue weighted by molar-refractivity contribution is 0.0928. The molecular formula is C16H17FN2O2. The zero-order valence-corrected chi connectivity index (χ0v) is 11.5. The van der Waals surface area contributed by atoms with Crippen molar-refractivity contribution in [2.24, 2.45) is 0 Å². The predicted octanol–water partition coefficient (Wildman–Crippen LogP) is 2.46. The summed E-state index contributed by atoms with van der Waals surface area (Å²) in [6.45, 7) is 0.0445. The number of nitrogens with one attached hydrogen (secondary N) is 1. The average molecular weight is 288 g/mol. The van der Waals surface area contributed by atoms with Crippen molar-refractivity contribution < 1.29 is 14.3 Å². The Labute approximate surface area is 122 Å². The maximum absolute atomic E-state index is 13.6. The molecule has 0 bridgehead atoms. The maximum Gasteiger partial charge on any atom is 0.254 e. The van der Waals surface area contributed by atoms with E-state index in [1.807, 2.05) is 30.3 Å². The topological polar surface area (TPSA) is 62.2 Å². The second-order valence-electron chi connectivity index (χ2n) is 4.66. The van der Waals surface area contributed by atoms with Gasteiger partial charge in [0.2, 0.25) is 0 Å². The van der Waals surface area contributed by atoms with Gasteiger partial charge < -0.3 is 10.4 Å². The fourth-order valence-electron chi connectivity index (χ4n) is 2.10. The number of rotatable bonds is 6. The second-order valence-corrected chi connectivity index (χ2v) is 4.66. The minimum Gasteiger partial charge on any atom is -0.396 e. The number of nitrogens with zero attached hydrogens (tertiary/aromatic N) is 1. The van der Waals surface area contributed by atoms with Crippen LogP contribution in [-0.2, 0) is 0 Å². The molecule has 1 aromatic heterocycles. The van der Waals surface area contributed by atoms with Gasteiger partial charge in [0.25, 0.3) is 5.91 Å². The van der Waals surface area contributed by atoms with Gasteiger partial charge in [-0.3, -0.25) is 9.78 Å². The number of pyridine rings is 1. The highest BCUT2D eigenvalue weighted by Gasteiger charge is 2.17. The van der Waals surface area contributed by atoms with Crippen LogP contribution in [0.4, 0.5) is 4.39 Å². The van der Waals surface area contributed by atoms with Crippen molar-refractivity contribution in [2.75, 3.05) is 6.61 Å². The Morgan fingerprint density at radius 2 is 2.05 bits per heavy atom. The predicted molar refractivity (Wildman–Crippen MR) is 77.2 cm³/mol. The molecule has 0 spiro atoms. The third-order valence-electron chi connectivity index (χ3n) is 3.18. The largest absolute Gasteiger partial charge is 0.396 e. The first kappa shape index (κ1) is 15.1. The highest BCUT2D eigenvalue weighted by Crippen LogP contribution is 2.19. The smallest absolute Gasteiger partial charge is 0.254 e. The third-order valence-corrected chi connectivity index (χ3v) is 3.18. The molecule has 1 amide bonds. The Kier molecular flexibility index (Phi) is 5.40. The number of carbonyl (C=O) groups excluding carboxylic acids is 1. The zero-order valence-electron chi connectivity index (χ0n) is 11.5. The summed E-state index contributed by atoms with van der Waals surface area (Å²) in [6.07, 6.45) is 3.53. The summed E-state index contributed by atoms with van der Waals surface area (Å²) >= 11 is 0. The van der Waals surface area contributed by atoms with Gasteiger partial charge in [-0.15, -0.1) is 0 Å². The van der Waals surface area contributed by atoms with Crippen molar-refractivity contribution in [2.45, 2.75) is 18.9 Å². The lowest BCUT2D eigenvalue weighted by Crippen LogP contribution is -2.29. The van der Waals surface area contributed by atoms with E-state index in [4.69, 9.17) is 5.11 Å². The molecule has 0 aliphatic rings. The van der Waals surface area contributed by atoms with Crippen LogP contribution < -0.4 is 5.32 Å². The molecule has 1 atom stereocenters. The Balaban J connectivity index is 2.15. The molecule has 0 radical (unpaired) electrons. The summed E-state index contributed by atoms with van der Waals surface area (Å²) in [5, 5.41) is 11.8. The molecule has 0 saturated carbocycles. The van der Waals surface area contributed by atoms with Gasteiger partial charge in [0.05, 0.1) is 17.8 Å². The van der Waals surface area contributed by atoms with Gasteiger partial charge in [-0.2, -0.15) is 0 Å². The first-order chi connectivity index (χ1) is 10.2. The van der Waals surface area contributed by atoms with Crippen LogP contribution in [0.15, 0.2) is 48.8 Å². The molecule has 0 aliphatic carbocycles. The van der Waals surface area contributed by atoms with Crippen LogP contribution in [0.3, 0.4) is 0 Å². The molecular weight excluding hydrogens is 271 g/mol. The number of aromatic nitrogens is 1. The summed E-state index contributed by atoms with van der Waals surface area (Å²) in [6, 6.07) is 10.5. The van der Waals surface area contributed by atoms with E-state index in [0.717, 1.165) is 11.8 Å². The van der Waals surface area contributed by atoms with Gasteiger partial charge in [0.15, 0.2) is 5.82 Å². The quantitative estimate of drug-likeness (QED) is 0.858. The summed E-state index contributed by atoms with van der Waals surface area (Å²) < 4.78 is 13.6. The normalized spacial score (nSPS) is 11.9. The molecule has 2 aromatic rings. The maximum atomic E-state index is 13.6. The molecule has 21 heavy (non-hydrogen) atoms. The standard InChI is InChI=1S/C16H17FN2O2/c17-14-11-18-9-8-13(14)16(21)19-15(7-4-10-20)12-5-2-1-3-6-12/h1-3,5-6,8-9,11,15,20H,4,7,10H2,(H,19,21)/t15-/m1/s1. The van der Waals surface area contributed by atoms with Crippen LogP contribution in [0.1, 0.15) is 34.8 Å². The highest BCUT2D eigenvalue weighted by molar-refractivity contribution is 5.94. The van der Waals surface area contributed by atoms with Gasteiger partial charge in [-0.25, -0.2) is 4.39 Å². The molecule has 1 aromatic carbocycles. The van der Waals surface area contributed by atoms with Gasteiger partial charge in [0.1, 0.15) is 0 Å². The number of hydrogen-bond acceptors (Lipinski definition) is 3. The minimum absolute atomic E-state index is 0.0325. The number of hydrogen-bond donors (Lipinski definition) is 2. The number of carbonyl (C=O) groups is 1. The monoisotopic (exact) mass is 288 g/mol. The second kappa shape index (κ2) is 7.50. The fraction of sp³-hybridized carbons (Fsp3) is 0.250. The lowest BCUT2D eigenvalue weighted by Gasteiger charge is -2.19. The number of aliphatic hydroxyl groups excluding tert-OH is 1. The van der Waals surface area contributed by atoms with E-state index < -0.39 is 11.7 Å². The Morgan fingerprint density at radius 1 is 1.29 bits per heavy atom. The van der Waals surface area contributed by atoms with Gasteiger partial charge in [-0.05, 0) is 24.5 Å². The first-order valence-electron chi connectivity index (χ1n) is 6.78. The molecule has 0 saturated heterocycles. The van der Waals surface area contributed by atoms with Crippen molar-refractivity contribution in [1.82, 2.24) is 10.3 Å². The molecule has 1 heterocycles. The third kappa shape index (κ3) is 4.10. The van der Waals surface area contributed by atoms with Crippen LogP contribution in [0.2, 0.25) is 0 Å². The van der Waals surface area contributed by atoms with E-state index in [9.17, 15) is 9.18 Å². The van der Waals surface area contributed by atoms with Crippen LogP contribution in [0.25, 0.3) is 0 Å². The first-order valence-corrected chi connectivity index (χ1v) is 6.78. The summed E-state index contributed by atoms with van der Waals surface area (Å²) in [5.74, 6) is -1.13. The number of halogens is 1. The number of amides is 1. The van der Waals surface area contributed by atoms with Gasteiger partial charge >= 0.3 is 0 Å². The van der Waals surface area contributed by atoms with E-state index in [-0.39, 0.29) is 18.2 Å². The Bertz CT molecular complexity index is 590. The Morgan fingerprint density at radius 3 is 2.71 bits per heavy atom. The lowest BCUT2D eigenvalue weighted by atomic mass is 10.0. The molecule has 2 N–H and O–H groups in total. The van der Waals surface area contributed by atoms with E-state index in [0.29, 0.717) is 12.8 Å². The zero-order chi connectivity index (χ0) is 15.1. The SMILES string of the molecule is O=C(N[C@H](CCCO)c1ccccc1)c1ccncc1F. The van der Waals surface area contributed by atoms with Crippen LogP contribution >= 0.6 is 0 Å². The summed E-state index contributed by atoms with van der Waals surface area (Å²) in [7, 11) is 0. The molecule has 110 valence electrons. The van der Waals surface area contributed by atoms with Crippen LogP contribution in [0.5, 0.6) is 0 Å². The molecule has 0 fully saturated rings. The minimum atomic E-state index is -0.649. The van der Waals surface area contributed by atoms with Crippen LogP contribution in [0, 0.1) is 5.82 Å². The fourth-order valence-corrected chi connectivity index (χ4v) is 2.10. The number of aliphatic hydroxyl groups is 1. The molecule has 4 nitrogen and oxygen atoms in total. The summed E-state index contributed by atoms with van der Waals surface area (Å²) in [4.78, 5) is 15.8. The van der Waals surface area contributed by atoms with E-state index >= 15 is 0 Å². The van der Waals surface area contributed by atoms with Crippen molar-refractivity contribution in [3.05, 3.63) is 65.7 Å². The van der Waals surface area contributed by atoms with Gasteiger partial charge in [-0.1, -0.05) is 30.3 Å². The highest BCUT2D eigenvalue weighted by atomic mass is 19.1. The van der Waals surface area contributed by atoms with Crippen molar-refractivity contribution in [3.8, 4) is 0 Å². The van der Waals surface area contributed by atoms with Crippen molar-refractivity contribution in [3.63, 3.8) is 0 Å². The van der Waals surface area contributed by atoms with Crippen LogP contribution in [-0.4, -0.2) is 22.6 Å². The average Bonchev–Trinajstić information content (AvgIpc) is 2.52. The van der Waals surface area contributed by atoms with E-state index in [1.165, 1.54) is 12.3 Å². The summed E-state index contributed by atoms with van der Waals surface area (Å²) in [5.41, 5.74) is 0.892. The van der Waals surface area contributed by atoms with Crippen molar-refractivity contribution >= 4 is 5.91 Å². The molecule has 0 aliphatic heterocycles. The van der Waals surface area contributed by atoms with E-state index in [1.54, 1.807) is 0 Å². The Hall–Kier alpha value is -2.27. The van der Waals surface area contributed by atoms with E-state index in [2.05, 4.69) is 10.3 Å². The van der Waals surface area contributed by atoms with Crippen molar-refractivity contribution in [1.29, 1.82) is 0 Å². The molecule has 5 heteroatoms. The van der Waals surface area contributed by atoms with Gasteiger partial charge in [0, 0.05) is 12.8 Å². The molecule has 2 rings (SSSR count).